The first-order valence-corrected chi connectivity index (χ1v) is 5.03. The fourth-order valence-corrected chi connectivity index (χ4v) is 1.46. The summed E-state index contributed by atoms with van der Waals surface area (Å²) in [7, 11) is 0. The van der Waals surface area contributed by atoms with Crippen molar-refractivity contribution in [3.8, 4) is 0 Å². The molecular formula is C10H22N2O. The maximum Gasteiger partial charge on any atom is 0.0621 e. The molecule has 0 amide bonds. The SMILES string of the molecule is CC(C)(C)CNCC1COCC1N. The van der Waals surface area contributed by atoms with Crippen LogP contribution in [-0.4, -0.2) is 32.3 Å². The smallest absolute Gasteiger partial charge is 0.0621 e. The standard InChI is InChI=1S/C10H22N2O/c1-10(2,3)7-12-4-8-5-13-6-9(8)11/h8-9,12H,4-7,11H2,1-3H3. The molecule has 2 unspecified atom stereocenters. The largest absolute Gasteiger partial charge is 0.379 e. The third-order valence-electron chi connectivity index (χ3n) is 2.31. The summed E-state index contributed by atoms with van der Waals surface area (Å²) in [5.74, 6) is 0.502. The van der Waals surface area contributed by atoms with Gasteiger partial charge in [-0.15, -0.1) is 0 Å². The summed E-state index contributed by atoms with van der Waals surface area (Å²) >= 11 is 0. The second-order valence-corrected chi connectivity index (χ2v) is 5.15. The van der Waals surface area contributed by atoms with Crippen molar-refractivity contribution < 1.29 is 4.74 Å². The Morgan fingerprint density at radius 3 is 2.54 bits per heavy atom. The molecule has 1 fully saturated rings. The van der Waals surface area contributed by atoms with Crippen LogP contribution < -0.4 is 11.1 Å². The molecule has 3 N–H and O–H groups in total. The van der Waals surface area contributed by atoms with E-state index in [0.717, 1.165) is 26.3 Å². The maximum atomic E-state index is 5.86. The Labute approximate surface area is 81.0 Å². The quantitative estimate of drug-likeness (QED) is 0.678. The minimum absolute atomic E-state index is 0.229. The van der Waals surface area contributed by atoms with E-state index in [-0.39, 0.29) is 6.04 Å². The van der Waals surface area contributed by atoms with E-state index in [9.17, 15) is 0 Å². The Hall–Kier alpha value is -0.120. The third kappa shape index (κ3) is 4.07. The van der Waals surface area contributed by atoms with Crippen molar-refractivity contribution in [2.45, 2.75) is 26.8 Å². The molecule has 78 valence electrons. The van der Waals surface area contributed by atoms with Gasteiger partial charge in [-0.1, -0.05) is 20.8 Å². The zero-order valence-electron chi connectivity index (χ0n) is 8.97. The molecule has 0 aliphatic carbocycles. The van der Waals surface area contributed by atoms with Gasteiger partial charge in [-0.05, 0) is 5.41 Å². The predicted octanol–water partition coefficient (Wildman–Crippen LogP) is 0.596. The number of hydrogen-bond donors (Lipinski definition) is 2. The van der Waals surface area contributed by atoms with Gasteiger partial charge in [0.15, 0.2) is 0 Å². The number of rotatable bonds is 3. The van der Waals surface area contributed by atoms with E-state index in [2.05, 4.69) is 26.1 Å². The van der Waals surface area contributed by atoms with Crippen molar-refractivity contribution >= 4 is 0 Å². The fourth-order valence-electron chi connectivity index (χ4n) is 1.46. The topological polar surface area (TPSA) is 47.3 Å². The van der Waals surface area contributed by atoms with Crippen molar-refractivity contribution in [3.05, 3.63) is 0 Å². The van der Waals surface area contributed by atoms with E-state index in [1.54, 1.807) is 0 Å². The molecule has 0 aromatic rings. The maximum absolute atomic E-state index is 5.86. The Balaban J connectivity index is 2.12. The summed E-state index contributed by atoms with van der Waals surface area (Å²) in [6.07, 6.45) is 0. The van der Waals surface area contributed by atoms with E-state index < -0.39 is 0 Å². The molecule has 2 atom stereocenters. The summed E-state index contributed by atoms with van der Waals surface area (Å²) < 4.78 is 5.29. The molecule has 0 spiro atoms. The average Bonchev–Trinajstić information content (AvgIpc) is 2.34. The first-order valence-electron chi connectivity index (χ1n) is 5.03. The molecule has 0 aromatic heterocycles. The minimum Gasteiger partial charge on any atom is -0.379 e. The Kier molecular flexibility index (Phi) is 3.71. The molecule has 1 aliphatic heterocycles. The minimum atomic E-state index is 0.229. The highest BCUT2D eigenvalue weighted by Gasteiger charge is 2.24. The zero-order chi connectivity index (χ0) is 9.90. The number of nitrogens with one attached hydrogen (secondary N) is 1. The van der Waals surface area contributed by atoms with Crippen molar-refractivity contribution in [2.24, 2.45) is 17.1 Å². The number of ether oxygens (including phenoxy) is 1. The van der Waals surface area contributed by atoms with Gasteiger partial charge in [-0.3, -0.25) is 0 Å². The highest BCUT2D eigenvalue weighted by Crippen LogP contribution is 2.13. The van der Waals surface area contributed by atoms with Gasteiger partial charge < -0.3 is 15.8 Å². The first-order chi connectivity index (χ1) is 5.99. The Morgan fingerprint density at radius 1 is 1.38 bits per heavy atom. The lowest BCUT2D eigenvalue weighted by Gasteiger charge is -2.21. The number of nitrogens with two attached hydrogens (primary N) is 1. The predicted molar refractivity (Wildman–Crippen MR) is 54.6 cm³/mol. The lowest BCUT2D eigenvalue weighted by molar-refractivity contribution is 0.183. The average molecular weight is 186 g/mol. The van der Waals surface area contributed by atoms with Gasteiger partial charge in [0.05, 0.1) is 13.2 Å². The second kappa shape index (κ2) is 4.40. The van der Waals surface area contributed by atoms with Gasteiger partial charge in [0, 0.05) is 25.0 Å². The van der Waals surface area contributed by atoms with Gasteiger partial charge in [-0.2, -0.15) is 0 Å². The molecule has 1 aliphatic rings. The van der Waals surface area contributed by atoms with Crippen molar-refractivity contribution in [1.82, 2.24) is 5.32 Å². The van der Waals surface area contributed by atoms with E-state index in [1.807, 2.05) is 0 Å². The molecule has 0 saturated carbocycles. The van der Waals surface area contributed by atoms with Gasteiger partial charge in [0.1, 0.15) is 0 Å². The second-order valence-electron chi connectivity index (χ2n) is 5.15. The van der Waals surface area contributed by atoms with Gasteiger partial charge >= 0.3 is 0 Å². The molecule has 1 saturated heterocycles. The van der Waals surface area contributed by atoms with Crippen LogP contribution in [0.15, 0.2) is 0 Å². The normalized spacial score (nSPS) is 29.5. The highest BCUT2D eigenvalue weighted by atomic mass is 16.5. The van der Waals surface area contributed by atoms with Crippen molar-refractivity contribution in [2.75, 3.05) is 26.3 Å². The fraction of sp³-hybridized carbons (Fsp3) is 1.00. The Bertz CT molecular complexity index is 153. The molecule has 0 bridgehead atoms. The van der Waals surface area contributed by atoms with Crippen molar-refractivity contribution in [3.63, 3.8) is 0 Å². The van der Waals surface area contributed by atoms with Gasteiger partial charge in [0.25, 0.3) is 0 Å². The third-order valence-corrected chi connectivity index (χ3v) is 2.31. The monoisotopic (exact) mass is 186 g/mol. The summed E-state index contributed by atoms with van der Waals surface area (Å²) in [5, 5.41) is 3.44. The van der Waals surface area contributed by atoms with E-state index in [1.165, 1.54) is 0 Å². The summed E-state index contributed by atoms with van der Waals surface area (Å²) in [5.41, 5.74) is 6.21. The van der Waals surface area contributed by atoms with Crippen LogP contribution in [0.4, 0.5) is 0 Å². The van der Waals surface area contributed by atoms with E-state index >= 15 is 0 Å². The molecule has 1 heterocycles. The van der Waals surface area contributed by atoms with Gasteiger partial charge in [-0.25, -0.2) is 0 Å². The first kappa shape index (κ1) is 11.0. The molecule has 1 rings (SSSR count). The molecule has 3 heteroatoms. The molecular weight excluding hydrogens is 164 g/mol. The van der Waals surface area contributed by atoms with Crippen LogP contribution in [0.2, 0.25) is 0 Å². The number of hydrogen-bond acceptors (Lipinski definition) is 3. The summed E-state index contributed by atoms with van der Waals surface area (Å²) in [6.45, 7) is 10.2. The summed E-state index contributed by atoms with van der Waals surface area (Å²) in [6, 6.07) is 0.229. The molecule has 13 heavy (non-hydrogen) atoms. The van der Waals surface area contributed by atoms with Crippen LogP contribution >= 0.6 is 0 Å². The van der Waals surface area contributed by atoms with Crippen LogP contribution in [0.3, 0.4) is 0 Å². The highest BCUT2D eigenvalue weighted by molar-refractivity contribution is 4.80. The van der Waals surface area contributed by atoms with Crippen LogP contribution in [0.5, 0.6) is 0 Å². The molecule has 0 radical (unpaired) electrons. The van der Waals surface area contributed by atoms with Gasteiger partial charge in [0.2, 0.25) is 0 Å². The van der Waals surface area contributed by atoms with Crippen LogP contribution in [-0.2, 0) is 4.74 Å². The van der Waals surface area contributed by atoms with E-state index in [0.29, 0.717) is 11.3 Å². The molecule has 0 aromatic carbocycles. The van der Waals surface area contributed by atoms with Crippen LogP contribution in [0.1, 0.15) is 20.8 Å². The summed E-state index contributed by atoms with van der Waals surface area (Å²) in [4.78, 5) is 0. The van der Waals surface area contributed by atoms with Crippen LogP contribution in [0.25, 0.3) is 0 Å². The zero-order valence-corrected chi connectivity index (χ0v) is 8.97. The molecule has 3 nitrogen and oxygen atoms in total. The van der Waals surface area contributed by atoms with Crippen LogP contribution in [0, 0.1) is 11.3 Å². The Morgan fingerprint density at radius 2 is 2.08 bits per heavy atom. The lowest BCUT2D eigenvalue weighted by atomic mass is 9.96. The van der Waals surface area contributed by atoms with E-state index in [4.69, 9.17) is 10.5 Å². The van der Waals surface area contributed by atoms with Crippen molar-refractivity contribution in [1.29, 1.82) is 0 Å². The lowest BCUT2D eigenvalue weighted by Crippen LogP contribution is -2.38.